The van der Waals surface area contributed by atoms with Gasteiger partial charge in [-0.05, 0) is 43.7 Å². The Morgan fingerprint density at radius 1 is 1.14 bits per heavy atom. The van der Waals surface area contributed by atoms with Crippen LogP contribution in [-0.2, 0) is 11.3 Å². The van der Waals surface area contributed by atoms with E-state index in [0.717, 1.165) is 41.6 Å². The van der Waals surface area contributed by atoms with Crippen molar-refractivity contribution in [1.29, 1.82) is 0 Å². The molecule has 152 valence electrons. The molecule has 0 saturated carbocycles. The van der Waals surface area contributed by atoms with Crippen LogP contribution in [0.15, 0.2) is 59.0 Å². The number of oxazole rings is 1. The van der Waals surface area contributed by atoms with E-state index >= 15 is 0 Å². The zero-order valence-electron chi connectivity index (χ0n) is 16.6. The van der Waals surface area contributed by atoms with Gasteiger partial charge in [-0.1, -0.05) is 24.3 Å². The molecule has 0 amide bonds. The maximum atomic E-state index is 9.15. The molecule has 0 unspecified atom stereocenters. The number of ether oxygens (including phenoxy) is 2. The maximum Gasteiger partial charge on any atom is 0.226 e. The van der Waals surface area contributed by atoms with E-state index in [9.17, 15) is 0 Å². The molecule has 0 spiro atoms. The standard InChI is InChI=1S/C23H26N2O4/c1-17-22(16-25-11-13-27-21(15-25)10-12-26)24-23(28-17)18-6-5-9-20(14-18)29-19-7-3-2-4-8-19/h2-9,14,21,26H,10-13,15-16H2,1H3/t21-/m0/s1. The molecule has 1 atom stereocenters. The van der Waals surface area contributed by atoms with E-state index in [0.29, 0.717) is 25.5 Å². The van der Waals surface area contributed by atoms with Crippen molar-refractivity contribution in [2.45, 2.75) is 26.0 Å². The average Bonchev–Trinajstić information content (AvgIpc) is 3.10. The highest BCUT2D eigenvalue weighted by Gasteiger charge is 2.22. The maximum absolute atomic E-state index is 9.15. The molecule has 2 heterocycles. The first-order chi connectivity index (χ1) is 14.2. The van der Waals surface area contributed by atoms with Crippen LogP contribution in [0.5, 0.6) is 11.5 Å². The Kier molecular flexibility index (Phi) is 6.24. The number of para-hydroxylation sites is 1. The summed E-state index contributed by atoms with van der Waals surface area (Å²) in [6, 6.07) is 17.5. The topological polar surface area (TPSA) is 68.0 Å². The van der Waals surface area contributed by atoms with Gasteiger partial charge in [-0.25, -0.2) is 4.98 Å². The Hall–Kier alpha value is -2.67. The number of rotatable bonds is 7. The fraction of sp³-hybridized carbons (Fsp3) is 0.348. The zero-order chi connectivity index (χ0) is 20.1. The zero-order valence-corrected chi connectivity index (χ0v) is 16.6. The summed E-state index contributed by atoms with van der Waals surface area (Å²) in [7, 11) is 0. The lowest BCUT2D eigenvalue weighted by Gasteiger charge is -2.32. The minimum atomic E-state index is 0.0762. The normalized spacial score (nSPS) is 17.4. The summed E-state index contributed by atoms with van der Waals surface area (Å²) in [4.78, 5) is 7.04. The van der Waals surface area contributed by atoms with Crippen molar-refractivity contribution in [2.75, 3.05) is 26.3 Å². The van der Waals surface area contributed by atoms with Gasteiger partial charge in [0, 0.05) is 31.8 Å². The Bertz CT molecular complexity index is 924. The predicted molar refractivity (Wildman–Crippen MR) is 110 cm³/mol. The van der Waals surface area contributed by atoms with E-state index in [-0.39, 0.29) is 12.7 Å². The van der Waals surface area contributed by atoms with Crippen molar-refractivity contribution in [3.63, 3.8) is 0 Å². The molecule has 1 saturated heterocycles. The number of hydrogen-bond donors (Lipinski definition) is 1. The highest BCUT2D eigenvalue weighted by Crippen LogP contribution is 2.28. The third-order valence-electron chi connectivity index (χ3n) is 5.00. The Balaban J connectivity index is 1.47. The quantitative estimate of drug-likeness (QED) is 0.653. The molecule has 1 fully saturated rings. The van der Waals surface area contributed by atoms with Gasteiger partial charge < -0.3 is 19.0 Å². The summed E-state index contributed by atoms with van der Waals surface area (Å²) in [5.74, 6) is 2.94. The Morgan fingerprint density at radius 3 is 2.79 bits per heavy atom. The number of aliphatic hydroxyl groups is 1. The van der Waals surface area contributed by atoms with Crippen molar-refractivity contribution in [3.05, 3.63) is 66.1 Å². The minimum absolute atomic E-state index is 0.0762. The highest BCUT2D eigenvalue weighted by molar-refractivity contribution is 5.57. The van der Waals surface area contributed by atoms with Crippen molar-refractivity contribution in [1.82, 2.24) is 9.88 Å². The molecular weight excluding hydrogens is 368 g/mol. The summed E-state index contributed by atoms with van der Waals surface area (Å²) in [5, 5.41) is 9.15. The van der Waals surface area contributed by atoms with Crippen LogP contribution in [-0.4, -0.2) is 47.4 Å². The van der Waals surface area contributed by atoms with Gasteiger partial charge in [-0.3, -0.25) is 4.90 Å². The largest absolute Gasteiger partial charge is 0.457 e. The molecule has 1 aliphatic heterocycles. The van der Waals surface area contributed by atoms with Crippen molar-refractivity contribution >= 4 is 0 Å². The van der Waals surface area contributed by atoms with E-state index in [4.69, 9.17) is 24.0 Å². The first-order valence-electron chi connectivity index (χ1n) is 9.96. The second-order valence-corrected chi connectivity index (χ2v) is 7.21. The van der Waals surface area contributed by atoms with Gasteiger partial charge in [0.1, 0.15) is 17.3 Å². The number of nitrogens with zero attached hydrogens (tertiary/aromatic N) is 2. The third kappa shape index (κ3) is 5.03. The van der Waals surface area contributed by atoms with Gasteiger partial charge >= 0.3 is 0 Å². The molecule has 1 N–H and O–H groups in total. The number of hydrogen-bond acceptors (Lipinski definition) is 6. The molecule has 0 radical (unpaired) electrons. The smallest absolute Gasteiger partial charge is 0.226 e. The summed E-state index contributed by atoms with van der Waals surface area (Å²) in [6.07, 6.45) is 0.737. The second-order valence-electron chi connectivity index (χ2n) is 7.21. The average molecular weight is 394 g/mol. The summed E-state index contributed by atoms with van der Waals surface area (Å²) >= 11 is 0. The van der Waals surface area contributed by atoms with Gasteiger partial charge in [0.2, 0.25) is 5.89 Å². The van der Waals surface area contributed by atoms with E-state index in [1.54, 1.807) is 0 Å². The number of aromatic nitrogens is 1. The van der Waals surface area contributed by atoms with Crippen LogP contribution in [0, 0.1) is 6.92 Å². The third-order valence-corrected chi connectivity index (χ3v) is 5.00. The lowest BCUT2D eigenvalue weighted by atomic mass is 10.2. The van der Waals surface area contributed by atoms with Crippen LogP contribution in [0.1, 0.15) is 17.9 Å². The molecule has 29 heavy (non-hydrogen) atoms. The minimum Gasteiger partial charge on any atom is -0.457 e. The molecule has 1 aromatic heterocycles. The van der Waals surface area contributed by atoms with E-state index < -0.39 is 0 Å². The van der Waals surface area contributed by atoms with Gasteiger partial charge in [0.05, 0.1) is 18.4 Å². The van der Waals surface area contributed by atoms with Gasteiger partial charge in [-0.15, -0.1) is 0 Å². The SMILES string of the molecule is Cc1oc(-c2cccc(Oc3ccccc3)c2)nc1CN1CCO[C@@H](CCO)C1. The predicted octanol–water partition coefficient (Wildman–Crippen LogP) is 4.03. The van der Waals surface area contributed by atoms with Crippen LogP contribution in [0.2, 0.25) is 0 Å². The summed E-state index contributed by atoms with van der Waals surface area (Å²) in [6.45, 7) is 5.12. The summed E-state index contributed by atoms with van der Waals surface area (Å²) in [5.41, 5.74) is 1.81. The van der Waals surface area contributed by atoms with Crippen LogP contribution < -0.4 is 4.74 Å². The molecule has 0 bridgehead atoms. The monoisotopic (exact) mass is 394 g/mol. The van der Waals surface area contributed by atoms with Crippen LogP contribution >= 0.6 is 0 Å². The molecule has 1 aliphatic rings. The number of morpholine rings is 1. The first-order valence-corrected chi connectivity index (χ1v) is 9.96. The van der Waals surface area contributed by atoms with Crippen LogP contribution in [0.4, 0.5) is 0 Å². The molecular formula is C23H26N2O4. The van der Waals surface area contributed by atoms with Crippen molar-refractivity contribution in [3.8, 4) is 23.0 Å². The van der Waals surface area contributed by atoms with Gasteiger partial charge in [-0.2, -0.15) is 0 Å². The number of aliphatic hydroxyl groups excluding tert-OH is 1. The molecule has 3 aromatic rings. The lowest BCUT2D eigenvalue weighted by Crippen LogP contribution is -2.42. The van der Waals surface area contributed by atoms with E-state index in [1.807, 2.05) is 61.5 Å². The molecule has 0 aliphatic carbocycles. The molecule has 4 rings (SSSR count). The Labute approximate surface area is 170 Å². The lowest BCUT2D eigenvalue weighted by molar-refractivity contribution is -0.0411. The van der Waals surface area contributed by atoms with Gasteiger partial charge in [0.15, 0.2) is 0 Å². The van der Waals surface area contributed by atoms with Gasteiger partial charge in [0.25, 0.3) is 0 Å². The van der Waals surface area contributed by atoms with E-state index in [2.05, 4.69) is 4.90 Å². The van der Waals surface area contributed by atoms with Crippen LogP contribution in [0.25, 0.3) is 11.5 Å². The van der Waals surface area contributed by atoms with E-state index in [1.165, 1.54) is 0 Å². The fourth-order valence-corrected chi connectivity index (χ4v) is 3.47. The second kappa shape index (κ2) is 9.22. The number of aryl methyl sites for hydroxylation is 1. The molecule has 2 aromatic carbocycles. The first kappa shape index (κ1) is 19.6. The number of benzene rings is 2. The fourth-order valence-electron chi connectivity index (χ4n) is 3.47. The van der Waals surface area contributed by atoms with Crippen molar-refractivity contribution < 1.29 is 19.0 Å². The Morgan fingerprint density at radius 2 is 1.97 bits per heavy atom. The van der Waals surface area contributed by atoms with Crippen molar-refractivity contribution in [2.24, 2.45) is 0 Å². The van der Waals surface area contributed by atoms with Crippen LogP contribution in [0.3, 0.4) is 0 Å². The highest BCUT2D eigenvalue weighted by atomic mass is 16.5. The molecule has 6 nitrogen and oxygen atoms in total. The molecule has 6 heteroatoms. The summed E-state index contributed by atoms with van der Waals surface area (Å²) < 4.78 is 17.6.